The van der Waals surface area contributed by atoms with Crippen LogP contribution in [-0.2, 0) is 25.4 Å². The van der Waals surface area contributed by atoms with Gasteiger partial charge < -0.3 is 8.92 Å². The van der Waals surface area contributed by atoms with Crippen LogP contribution in [0, 0.1) is 4.78 Å². The first kappa shape index (κ1) is 19.5. The van der Waals surface area contributed by atoms with Gasteiger partial charge in [0, 0.05) is 39.5 Å². The summed E-state index contributed by atoms with van der Waals surface area (Å²) in [7, 11) is -1.46. The minimum atomic E-state index is -2.78. The Morgan fingerprint density at radius 1 is 1.43 bits per heavy atom. The quantitative estimate of drug-likeness (QED) is 0.461. The number of rotatable bonds is 8. The first-order chi connectivity index (χ1) is 11.1. The molecule has 23 heavy (non-hydrogen) atoms. The summed E-state index contributed by atoms with van der Waals surface area (Å²) in [6, 6.07) is 9.94. The second-order valence-electron chi connectivity index (χ2n) is 5.52. The van der Waals surface area contributed by atoms with Gasteiger partial charge in [0.2, 0.25) is 0 Å². The van der Waals surface area contributed by atoms with Gasteiger partial charge in [0.15, 0.2) is 0 Å². The van der Waals surface area contributed by atoms with Crippen LogP contribution in [0.5, 0.6) is 0 Å². The van der Waals surface area contributed by atoms with Crippen molar-refractivity contribution in [1.29, 1.82) is 4.78 Å². The van der Waals surface area contributed by atoms with Crippen molar-refractivity contribution >= 4 is 40.3 Å². The largest absolute Gasteiger partial charge is 0.374 e. The summed E-state index contributed by atoms with van der Waals surface area (Å²) < 4.78 is 34.0. The molecule has 0 aromatic heterocycles. The Kier molecular flexibility index (Phi) is 8.10. The zero-order valence-corrected chi connectivity index (χ0v) is 16.9. The van der Waals surface area contributed by atoms with E-state index in [1.807, 2.05) is 41.6 Å². The van der Waals surface area contributed by atoms with Crippen molar-refractivity contribution in [3.63, 3.8) is 0 Å². The van der Waals surface area contributed by atoms with E-state index in [-0.39, 0.29) is 12.1 Å². The molecular weight excluding hydrogens is 447 g/mol. The van der Waals surface area contributed by atoms with Crippen LogP contribution in [0.3, 0.4) is 0 Å². The zero-order valence-electron chi connectivity index (χ0n) is 13.2. The van der Waals surface area contributed by atoms with E-state index in [9.17, 15) is 4.21 Å². The second kappa shape index (κ2) is 9.57. The lowest BCUT2D eigenvalue weighted by Crippen LogP contribution is -2.46. The van der Waals surface area contributed by atoms with E-state index in [4.69, 9.17) is 13.7 Å². The van der Waals surface area contributed by atoms with Gasteiger partial charge in [0.05, 0.1) is 28.5 Å². The standard InChI is InChI=1S/C15H23IN2O3S2/c1-2-23(17,19)18(10-13-6-4-3-5-7-13)14-8-9-15(20-11-14)12-21-22-16/h3-7,14-15,17H,2,8-12H2,1H3/t14-,15+,23?/m1/s1. The highest BCUT2D eigenvalue weighted by Gasteiger charge is 2.31. The maximum atomic E-state index is 12.7. The molecule has 0 saturated carbocycles. The number of benzene rings is 1. The van der Waals surface area contributed by atoms with Gasteiger partial charge in [-0.1, -0.05) is 37.3 Å². The molecule has 1 aliphatic heterocycles. The van der Waals surface area contributed by atoms with Crippen LogP contribution in [0.15, 0.2) is 30.3 Å². The molecule has 0 bridgehead atoms. The van der Waals surface area contributed by atoms with Crippen LogP contribution in [0.1, 0.15) is 25.3 Å². The fourth-order valence-corrected chi connectivity index (χ4v) is 4.64. The molecule has 0 amide bonds. The van der Waals surface area contributed by atoms with Gasteiger partial charge in [-0.2, -0.15) is 0 Å². The number of nitrogens with one attached hydrogen (secondary N) is 1. The van der Waals surface area contributed by atoms with Gasteiger partial charge in [-0.25, -0.2) is 13.3 Å². The molecule has 0 radical (unpaired) electrons. The van der Waals surface area contributed by atoms with Gasteiger partial charge in [0.1, 0.15) is 9.92 Å². The lowest BCUT2D eigenvalue weighted by atomic mass is 10.1. The van der Waals surface area contributed by atoms with Crippen molar-refractivity contribution in [2.75, 3.05) is 19.0 Å². The van der Waals surface area contributed by atoms with Crippen LogP contribution >= 0.6 is 30.4 Å². The Morgan fingerprint density at radius 3 is 2.74 bits per heavy atom. The third-order valence-corrected chi connectivity index (χ3v) is 6.96. The highest BCUT2D eigenvalue weighted by Crippen LogP contribution is 2.25. The minimum absolute atomic E-state index is 0.0173. The molecule has 1 saturated heterocycles. The Labute approximate surface area is 155 Å². The molecule has 1 heterocycles. The lowest BCUT2D eigenvalue weighted by Gasteiger charge is -2.37. The first-order valence-corrected chi connectivity index (χ1v) is 12.6. The third kappa shape index (κ3) is 5.86. The second-order valence-corrected chi connectivity index (χ2v) is 9.29. The van der Waals surface area contributed by atoms with Crippen molar-refractivity contribution in [3.05, 3.63) is 35.9 Å². The number of hydrogen-bond donors (Lipinski definition) is 1. The van der Waals surface area contributed by atoms with Crippen molar-refractivity contribution in [1.82, 2.24) is 4.31 Å². The Bertz CT molecular complexity index is 563. The van der Waals surface area contributed by atoms with Crippen molar-refractivity contribution in [2.24, 2.45) is 0 Å². The fraction of sp³-hybridized carbons (Fsp3) is 0.600. The molecular formula is C15H23IN2O3S2. The smallest absolute Gasteiger partial charge is 0.108 e. The summed E-state index contributed by atoms with van der Waals surface area (Å²) in [4.78, 5) is 0. The molecule has 2 rings (SSSR count). The van der Waals surface area contributed by atoms with Gasteiger partial charge in [-0.3, -0.25) is 0 Å². The topological polar surface area (TPSA) is 62.6 Å². The summed E-state index contributed by atoms with van der Waals surface area (Å²) >= 11 is 2.09. The van der Waals surface area contributed by atoms with E-state index in [1.165, 1.54) is 9.21 Å². The number of halogens is 1. The van der Waals surface area contributed by atoms with Gasteiger partial charge in [-0.15, -0.1) is 0 Å². The SMILES string of the molecule is CCS(=N)(=O)N(Cc1ccccc1)[C@@H]1CC[C@@H](COSI)OC1. The molecule has 1 unspecified atom stereocenters. The molecule has 3 atom stereocenters. The summed E-state index contributed by atoms with van der Waals surface area (Å²) in [5.74, 6) is 0.328. The molecule has 8 heteroatoms. The lowest BCUT2D eigenvalue weighted by molar-refractivity contribution is -0.0367. The van der Waals surface area contributed by atoms with Crippen LogP contribution < -0.4 is 0 Å². The third-order valence-electron chi connectivity index (χ3n) is 4.00. The number of ether oxygens (including phenoxy) is 1. The van der Waals surface area contributed by atoms with Crippen LogP contribution in [0.2, 0.25) is 0 Å². The first-order valence-electron chi connectivity index (χ1n) is 7.65. The molecule has 1 fully saturated rings. The van der Waals surface area contributed by atoms with Crippen molar-refractivity contribution in [3.8, 4) is 0 Å². The minimum Gasteiger partial charge on any atom is -0.374 e. The predicted molar refractivity (Wildman–Crippen MR) is 104 cm³/mol. The Balaban J connectivity index is 2.04. The van der Waals surface area contributed by atoms with E-state index < -0.39 is 9.92 Å². The predicted octanol–water partition coefficient (Wildman–Crippen LogP) is 4.03. The molecule has 1 N–H and O–H groups in total. The van der Waals surface area contributed by atoms with Gasteiger partial charge >= 0.3 is 0 Å². The maximum Gasteiger partial charge on any atom is 0.108 e. The Morgan fingerprint density at radius 2 is 2.17 bits per heavy atom. The summed E-state index contributed by atoms with van der Waals surface area (Å²) in [6.45, 7) is 3.41. The highest BCUT2D eigenvalue weighted by atomic mass is 127. The highest BCUT2D eigenvalue weighted by molar-refractivity contribution is 14.2. The van der Waals surface area contributed by atoms with E-state index in [2.05, 4.69) is 21.2 Å². The summed E-state index contributed by atoms with van der Waals surface area (Å²) in [6.07, 6.45) is 1.84. The molecule has 1 aromatic carbocycles. The monoisotopic (exact) mass is 470 g/mol. The Hall–Kier alpha value is 0.130. The van der Waals surface area contributed by atoms with Crippen LogP contribution in [-0.4, -0.2) is 39.6 Å². The average molecular weight is 470 g/mol. The van der Waals surface area contributed by atoms with Crippen LogP contribution in [0.25, 0.3) is 0 Å². The van der Waals surface area contributed by atoms with E-state index >= 15 is 0 Å². The number of nitrogens with zero attached hydrogens (tertiary/aromatic N) is 1. The molecule has 5 nitrogen and oxygen atoms in total. The maximum absolute atomic E-state index is 12.7. The van der Waals surface area contributed by atoms with Gasteiger partial charge in [0.25, 0.3) is 0 Å². The number of hydrogen-bond acceptors (Lipinski definition) is 5. The average Bonchev–Trinajstić information content (AvgIpc) is 2.59. The normalized spacial score (nSPS) is 24.5. The molecule has 1 aromatic rings. The van der Waals surface area contributed by atoms with E-state index in [1.54, 1.807) is 0 Å². The fourth-order valence-electron chi connectivity index (χ4n) is 2.66. The van der Waals surface area contributed by atoms with Gasteiger partial charge in [-0.05, 0) is 18.4 Å². The molecule has 1 aliphatic rings. The molecule has 130 valence electrons. The summed E-state index contributed by atoms with van der Waals surface area (Å²) in [5, 5.41) is 0. The van der Waals surface area contributed by atoms with Crippen molar-refractivity contribution in [2.45, 2.75) is 38.5 Å². The van der Waals surface area contributed by atoms with E-state index in [0.29, 0.717) is 25.5 Å². The van der Waals surface area contributed by atoms with Crippen molar-refractivity contribution < 1.29 is 13.1 Å². The van der Waals surface area contributed by atoms with Crippen LogP contribution in [0.4, 0.5) is 0 Å². The molecule has 0 aliphatic carbocycles. The van der Waals surface area contributed by atoms with E-state index in [0.717, 1.165) is 18.4 Å². The zero-order chi connectivity index (χ0) is 16.7. The molecule has 0 spiro atoms. The summed E-state index contributed by atoms with van der Waals surface area (Å²) in [5.41, 5.74) is 1.08.